The van der Waals surface area contributed by atoms with E-state index in [1.54, 1.807) is 18.0 Å². The number of nitrogens with zero attached hydrogens (tertiary/aromatic N) is 2. The van der Waals surface area contributed by atoms with Gasteiger partial charge in [0.25, 0.3) is 5.91 Å². The van der Waals surface area contributed by atoms with Crippen molar-refractivity contribution in [3.05, 3.63) is 35.9 Å². The molecule has 1 aromatic carbocycles. The first-order valence-electron chi connectivity index (χ1n) is 9.82. The van der Waals surface area contributed by atoms with Crippen LogP contribution in [-0.2, 0) is 35.1 Å². The van der Waals surface area contributed by atoms with E-state index in [0.29, 0.717) is 19.8 Å². The fourth-order valence-corrected chi connectivity index (χ4v) is 2.97. The molecular formula is C21H30N2O6. The van der Waals surface area contributed by atoms with Crippen molar-refractivity contribution in [2.24, 2.45) is 4.99 Å². The normalized spacial score (nSPS) is 20.2. The fraction of sp³-hybridized carbons (Fsp3) is 0.571. The largest absolute Gasteiger partial charge is 0.467 e. The smallest absolute Gasteiger partial charge is 0.330 e. The highest BCUT2D eigenvalue weighted by atomic mass is 16.7. The lowest BCUT2D eigenvalue weighted by atomic mass is 9.98. The lowest BCUT2D eigenvalue weighted by molar-refractivity contribution is -0.190. The number of hydrogen-bond acceptors (Lipinski definition) is 7. The number of likely N-dealkylation sites (tertiary alicyclic amines) is 1. The van der Waals surface area contributed by atoms with Crippen LogP contribution in [0.5, 0.6) is 0 Å². The Balaban J connectivity index is 2.09. The average Bonchev–Trinajstić information content (AvgIpc) is 2.74. The van der Waals surface area contributed by atoms with Gasteiger partial charge in [0, 0.05) is 19.4 Å². The second-order valence-electron chi connectivity index (χ2n) is 6.54. The molecule has 0 saturated carbocycles. The van der Waals surface area contributed by atoms with Crippen molar-refractivity contribution < 1.29 is 28.5 Å². The number of ether oxygens (including phenoxy) is 4. The molecule has 29 heavy (non-hydrogen) atoms. The average molecular weight is 406 g/mol. The van der Waals surface area contributed by atoms with Gasteiger partial charge in [-0.05, 0) is 26.3 Å². The van der Waals surface area contributed by atoms with Crippen LogP contribution in [0, 0.1) is 0 Å². The summed E-state index contributed by atoms with van der Waals surface area (Å²) in [4.78, 5) is 30.2. The van der Waals surface area contributed by atoms with Crippen LogP contribution in [0.25, 0.3) is 0 Å². The summed E-state index contributed by atoms with van der Waals surface area (Å²) in [5, 5.41) is 0. The molecule has 1 saturated heterocycles. The molecule has 0 aromatic heterocycles. The number of amides is 1. The van der Waals surface area contributed by atoms with Crippen LogP contribution >= 0.6 is 0 Å². The Morgan fingerprint density at radius 2 is 1.86 bits per heavy atom. The summed E-state index contributed by atoms with van der Waals surface area (Å²) < 4.78 is 21.7. The van der Waals surface area contributed by atoms with Crippen LogP contribution < -0.4 is 0 Å². The first-order chi connectivity index (χ1) is 14.0. The van der Waals surface area contributed by atoms with E-state index in [2.05, 4.69) is 4.99 Å². The van der Waals surface area contributed by atoms with E-state index >= 15 is 0 Å². The van der Waals surface area contributed by atoms with Gasteiger partial charge in [-0.1, -0.05) is 30.3 Å². The number of rotatable bonds is 12. The lowest BCUT2D eigenvalue weighted by Crippen LogP contribution is -2.68. The number of β-lactam (4-membered cyclic amide) rings is 1. The Labute approximate surface area is 171 Å². The molecule has 1 aliphatic heterocycles. The first kappa shape index (κ1) is 23.0. The molecule has 0 spiro atoms. The van der Waals surface area contributed by atoms with Crippen LogP contribution in [0.3, 0.4) is 0 Å². The molecule has 0 radical (unpaired) electrons. The molecule has 1 amide bonds. The Bertz CT molecular complexity index is 675. The summed E-state index contributed by atoms with van der Waals surface area (Å²) in [6.07, 6.45) is 0.374. The van der Waals surface area contributed by atoms with Gasteiger partial charge in [-0.25, -0.2) is 4.79 Å². The number of carbonyl (C=O) groups excluding carboxylic acids is 2. The van der Waals surface area contributed by atoms with Gasteiger partial charge in [-0.2, -0.15) is 0 Å². The minimum Gasteiger partial charge on any atom is -0.467 e. The molecule has 0 bridgehead atoms. The molecule has 1 aromatic rings. The van der Waals surface area contributed by atoms with Crippen LogP contribution in [0.2, 0.25) is 0 Å². The first-order valence-corrected chi connectivity index (χ1v) is 9.82. The topological polar surface area (TPSA) is 86.7 Å². The van der Waals surface area contributed by atoms with Crippen molar-refractivity contribution in [2.75, 3.05) is 26.9 Å². The van der Waals surface area contributed by atoms with Gasteiger partial charge in [0.1, 0.15) is 12.1 Å². The molecule has 0 N–H and O–H groups in total. The van der Waals surface area contributed by atoms with Crippen molar-refractivity contribution in [1.29, 1.82) is 0 Å². The standard InChI is InChI=1S/C21H30N2O6/c1-5-27-18(28-6-2)13-23-17(12-22-15(3)21(25)26-4)19(20(23)24)29-14-16-10-8-7-9-11-16/h7-12,15,17-19H,5-6,13-14H2,1-4H3/t15?,17-,19+/m0/s1. The van der Waals surface area contributed by atoms with Crippen molar-refractivity contribution in [3.8, 4) is 0 Å². The van der Waals surface area contributed by atoms with Gasteiger partial charge in [0.05, 0.1) is 20.3 Å². The second kappa shape index (κ2) is 11.6. The van der Waals surface area contributed by atoms with Gasteiger partial charge in [0.2, 0.25) is 0 Å². The van der Waals surface area contributed by atoms with Crippen molar-refractivity contribution in [3.63, 3.8) is 0 Å². The highest BCUT2D eigenvalue weighted by Crippen LogP contribution is 2.24. The lowest BCUT2D eigenvalue weighted by Gasteiger charge is -2.45. The summed E-state index contributed by atoms with van der Waals surface area (Å²) in [5.41, 5.74) is 0.971. The number of carbonyl (C=O) groups is 2. The summed E-state index contributed by atoms with van der Waals surface area (Å²) in [5.74, 6) is -0.603. The molecule has 1 heterocycles. The maximum atomic E-state index is 12.7. The van der Waals surface area contributed by atoms with E-state index in [1.165, 1.54) is 7.11 Å². The van der Waals surface area contributed by atoms with Crippen LogP contribution in [0.4, 0.5) is 0 Å². The predicted octanol–water partition coefficient (Wildman–Crippen LogP) is 1.81. The maximum absolute atomic E-state index is 12.7. The van der Waals surface area contributed by atoms with Gasteiger partial charge in [-0.3, -0.25) is 9.79 Å². The maximum Gasteiger partial charge on any atom is 0.330 e. The minimum absolute atomic E-state index is 0.160. The molecule has 1 aliphatic rings. The minimum atomic E-state index is -0.673. The molecule has 8 heteroatoms. The Morgan fingerprint density at radius 1 is 1.21 bits per heavy atom. The number of hydrogen-bond donors (Lipinski definition) is 0. The molecule has 1 fully saturated rings. The molecule has 0 aliphatic carbocycles. The van der Waals surface area contributed by atoms with Crippen molar-refractivity contribution in [1.82, 2.24) is 4.90 Å². The third-order valence-electron chi connectivity index (χ3n) is 4.52. The zero-order chi connectivity index (χ0) is 21.2. The molecule has 8 nitrogen and oxygen atoms in total. The van der Waals surface area contributed by atoms with E-state index in [4.69, 9.17) is 18.9 Å². The quantitative estimate of drug-likeness (QED) is 0.228. The van der Waals surface area contributed by atoms with E-state index in [1.807, 2.05) is 44.2 Å². The predicted molar refractivity (Wildman–Crippen MR) is 108 cm³/mol. The van der Waals surface area contributed by atoms with Crippen molar-refractivity contribution >= 4 is 18.1 Å². The monoisotopic (exact) mass is 406 g/mol. The highest BCUT2D eigenvalue weighted by molar-refractivity contribution is 5.96. The van der Waals surface area contributed by atoms with E-state index in [9.17, 15) is 9.59 Å². The van der Waals surface area contributed by atoms with Crippen molar-refractivity contribution in [2.45, 2.75) is 51.9 Å². The van der Waals surface area contributed by atoms with Crippen LogP contribution in [0.1, 0.15) is 26.3 Å². The molecule has 2 rings (SSSR count). The summed E-state index contributed by atoms with van der Waals surface area (Å²) in [6, 6.07) is 8.54. The number of aliphatic imine (C=N–C) groups is 1. The summed E-state index contributed by atoms with van der Waals surface area (Å²) in [7, 11) is 1.31. The Kier molecular flexibility index (Phi) is 9.24. The third-order valence-corrected chi connectivity index (χ3v) is 4.52. The fourth-order valence-electron chi connectivity index (χ4n) is 2.97. The highest BCUT2D eigenvalue weighted by Gasteiger charge is 2.48. The number of esters is 1. The third kappa shape index (κ3) is 6.35. The van der Waals surface area contributed by atoms with E-state index < -0.39 is 30.4 Å². The summed E-state index contributed by atoms with van der Waals surface area (Å²) >= 11 is 0. The van der Waals surface area contributed by atoms with Gasteiger partial charge in [0.15, 0.2) is 12.4 Å². The van der Waals surface area contributed by atoms with Gasteiger partial charge in [-0.15, -0.1) is 0 Å². The van der Waals surface area contributed by atoms with Crippen LogP contribution in [0.15, 0.2) is 35.3 Å². The van der Waals surface area contributed by atoms with Gasteiger partial charge >= 0.3 is 5.97 Å². The number of methoxy groups -OCH3 is 1. The second-order valence-corrected chi connectivity index (χ2v) is 6.54. The van der Waals surface area contributed by atoms with Crippen LogP contribution in [-0.4, -0.2) is 74.3 Å². The number of benzene rings is 1. The zero-order valence-corrected chi connectivity index (χ0v) is 17.4. The summed E-state index contributed by atoms with van der Waals surface area (Å²) in [6.45, 7) is 6.88. The Morgan fingerprint density at radius 3 is 2.45 bits per heavy atom. The molecule has 1 unspecified atom stereocenters. The van der Waals surface area contributed by atoms with E-state index in [-0.39, 0.29) is 12.5 Å². The zero-order valence-electron chi connectivity index (χ0n) is 17.4. The Hall–Kier alpha value is -2.29. The SMILES string of the molecule is CCOC(CN1C(=O)[C@H](OCc2ccccc2)[C@@H]1C=NC(C)C(=O)OC)OCC. The molecule has 3 atom stereocenters. The van der Waals surface area contributed by atoms with E-state index in [0.717, 1.165) is 5.56 Å². The molecule has 160 valence electrons. The molecular weight excluding hydrogens is 376 g/mol. The van der Waals surface area contributed by atoms with Gasteiger partial charge < -0.3 is 23.8 Å².